The van der Waals surface area contributed by atoms with Crippen LogP contribution in [0.5, 0.6) is 5.75 Å². The number of halogens is 2. The van der Waals surface area contributed by atoms with E-state index in [2.05, 4.69) is 11.4 Å². The van der Waals surface area contributed by atoms with Crippen LogP contribution < -0.4 is 10.1 Å². The molecular weight excluding hydrogens is 468 g/mol. The first-order valence-corrected chi connectivity index (χ1v) is 12.2. The molecule has 0 aliphatic carbocycles. The minimum atomic E-state index is -3.08. The summed E-state index contributed by atoms with van der Waals surface area (Å²) in [6.07, 6.45) is 2.07. The molecule has 0 saturated carbocycles. The number of Topliss-reactive ketones (excluding diaryl/α,β-unsaturated/α-hetero) is 1. The second-order valence-electron chi connectivity index (χ2n) is 10.9. The van der Waals surface area contributed by atoms with Gasteiger partial charge in [-0.25, -0.2) is 13.6 Å². The van der Waals surface area contributed by atoms with E-state index in [9.17, 15) is 18.4 Å². The topological polar surface area (TPSA) is 91.7 Å². The summed E-state index contributed by atoms with van der Waals surface area (Å²) in [6.45, 7) is 14.3. The standard InChI is InChI=1S/C24H35F2N3O3.C3H6O/c1-22(2,3)32-21(30)29-12-9-17(10-13-29)11-14-31-20-8-7-18(28-23(4,5)16-27)15-19(20)24(6,25)26;1-3(2)4/h7-8,15,17,28H,9-14H2,1-6H3;1-2H3. The molecule has 0 spiro atoms. The maximum absolute atomic E-state index is 14.2. The number of likely N-dealkylation sites (tertiary alicyclic amines) is 1. The second-order valence-corrected chi connectivity index (χ2v) is 10.9. The largest absolute Gasteiger partial charge is 0.493 e. The number of ether oxygens (including phenoxy) is 2. The number of carbonyl (C=O) groups excluding carboxylic acids is 2. The summed E-state index contributed by atoms with van der Waals surface area (Å²) in [5, 5.41) is 12.1. The van der Waals surface area contributed by atoms with Crippen molar-refractivity contribution in [1.82, 2.24) is 4.90 Å². The lowest BCUT2D eigenvalue weighted by Gasteiger charge is -2.33. The van der Waals surface area contributed by atoms with Crippen molar-refractivity contribution < 1.29 is 27.8 Å². The Balaban J connectivity index is 0.00000150. The number of nitriles is 1. The van der Waals surface area contributed by atoms with Crippen LogP contribution >= 0.6 is 0 Å². The fourth-order valence-electron chi connectivity index (χ4n) is 3.53. The Morgan fingerprint density at radius 1 is 1.11 bits per heavy atom. The van der Waals surface area contributed by atoms with Crippen LogP contribution in [0.15, 0.2) is 18.2 Å². The van der Waals surface area contributed by atoms with Crippen LogP contribution in [-0.4, -0.2) is 47.6 Å². The van der Waals surface area contributed by atoms with Gasteiger partial charge in [0.25, 0.3) is 5.92 Å². The number of carbonyl (C=O) groups is 2. The number of rotatable bonds is 7. The number of hydrogen-bond donors (Lipinski definition) is 1. The van der Waals surface area contributed by atoms with Crippen LogP contribution in [0.25, 0.3) is 0 Å². The molecular formula is C27H41F2N3O4. The van der Waals surface area contributed by atoms with Gasteiger partial charge in [-0.15, -0.1) is 0 Å². The fourth-order valence-corrected chi connectivity index (χ4v) is 3.53. The van der Waals surface area contributed by atoms with Gasteiger partial charge >= 0.3 is 6.09 Å². The number of alkyl halides is 2. The second kappa shape index (κ2) is 12.9. The molecule has 1 fully saturated rings. The summed E-state index contributed by atoms with van der Waals surface area (Å²) in [5.74, 6) is -2.41. The first-order chi connectivity index (χ1) is 16.4. The Morgan fingerprint density at radius 3 is 2.14 bits per heavy atom. The highest BCUT2D eigenvalue weighted by Crippen LogP contribution is 2.37. The lowest BCUT2D eigenvalue weighted by atomic mass is 9.94. The van der Waals surface area contributed by atoms with Gasteiger partial charge < -0.3 is 24.5 Å². The van der Waals surface area contributed by atoms with Gasteiger partial charge in [-0.05, 0) is 91.8 Å². The first kappa shape index (κ1) is 31.1. The quantitative estimate of drug-likeness (QED) is 0.450. The van der Waals surface area contributed by atoms with E-state index in [-0.39, 0.29) is 23.2 Å². The molecule has 9 heteroatoms. The number of nitrogens with zero attached hydrogens (tertiary/aromatic N) is 2. The Bertz CT molecular complexity index is 918. The highest BCUT2D eigenvalue weighted by atomic mass is 19.3. The summed E-state index contributed by atoms with van der Waals surface area (Å²) in [5.41, 5.74) is -1.17. The highest BCUT2D eigenvalue weighted by molar-refractivity contribution is 5.72. The number of amides is 1. The van der Waals surface area contributed by atoms with Gasteiger partial charge in [-0.2, -0.15) is 5.26 Å². The molecule has 202 valence electrons. The van der Waals surface area contributed by atoms with Crippen molar-refractivity contribution in [3.8, 4) is 11.8 Å². The molecule has 0 radical (unpaired) electrons. The molecule has 1 saturated heterocycles. The minimum absolute atomic E-state index is 0.143. The molecule has 1 aliphatic heterocycles. The minimum Gasteiger partial charge on any atom is -0.493 e. The van der Waals surface area contributed by atoms with Crippen molar-refractivity contribution in [3.63, 3.8) is 0 Å². The van der Waals surface area contributed by atoms with Crippen LogP contribution in [0.4, 0.5) is 19.3 Å². The lowest BCUT2D eigenvalue weighted by molar-refractivity contribution is -0.115. The molecule has 0 unspecified atom stereocenters. The van der Waals surface area contributed by atoms with Gasteiger partial charge in [-0.1, -0.05) is 0 Å². The molecule has 0 aromatic heterocycles. The third kappa shape index (κ3) is 11.7. The summed E-state index contributed by atoms with van der Waals surface area (Å²) in [7, 11) is 0. The van der Waals surface area contributed by atoms with Gasteiger partial charge in [0, 0.05) is 25.7 Å². The summed E-state index contributed by atoms with van der Waals surface area (Å²) < 4.78 is 39.6. The predicted molar refractivity (Wildman–Crippen MR) is 136 cm³/mol. The Hall–Kier alpha value is -2.89. The Labute approximate surface area is 214 Å². The van der Waals surface area contributed by atoms with E-state index in [4.69, 9.17) is 14.7 Å². The molecule has 0 bridgehead atoms. The smallest absolute Gasteiger partial charge is 0.410 e. The highest BCUT2D eigenvalue weighted by Gasteiger charge is 2.30. The summed E-state index contributed by atoms with van der Waals surface area (Å²) in [6, 6.07) is 6.60. The van der Waals surface area contributed by atoms with Crippen LogP contribution in [0, 0.1) is 17.2 Å². The number of anilines is 1. The van der Waals surface area contributed by atoms with Crippen LogP contribution in [0.2, 0.25) is 0 Å². The van der Waals surface area contributed by atoms with Crippen LogP contribution in [-0.2, 0) is 15.5 Å². The monoisotopic (exact) mass is 509 g/mol. The Kier molecular flexibility index (Phi) is 11.1. The van der Waals surface area contributed by atoms with Gasteiger partial charge in [0.1, 0.15) is 22.7 Å². The zero-order valence-corrected chi connectivity index (χ0v) is 22.8. The van der Waals surface area contributed by atoms with E-state index in [0.29, 0.717) is 31.3 Å². The van der Waals surface area contributed by atoms with Crippen molar-refractivity contribution in [3.05, 3.63) is 23.8 Å². The molecule has 1 heterocycles. The zero-order valence-electron chi connectivity index (χ0n) is 22.8. The van der Waals surface area contributed by atoms with E-state index in [0.717, 1.165) is 26.2 Å². The van der Waals surface area contributed by atoms with Crippen LogP contribution in [0.3, 0.4) is 0 Å². The average Bonchev–Trinajstić information content (AvgIpc) is 2.72. The SMILES string of the molecule is CC(C)(C#N)Nc1ccc(OCCC2CCN(C(=O)OC(C)(C)C)CC2)c(C(C)(F)F)c1.CC(C)=O. The van der Waals surface area contributed by atoms with Gasteiger partial charge in [0.2, 0.25) is 0 Å². The van der Waals surface area contributed by atoms with E-state index >= 15 is 0 Å². The molecule has 1 N–H and O–H groups in total. The van der Waals surface area contributed by atoms with Gasteiger partial charge in [0.15, 0.2) is 0 Å². The third-order valence-corrected chi connectivity index (χ3v) is 5.24. The van der Waals surface area contributed by atoms with Crippen molar-refractivity contribution in [2.45, 2.75) is 91.7 Å². The molecule has 36 heavy (non-hydrogen) atoms. The van der Waals surface area contributed by atoms with Crippen molar-refractivity contribution in [2.24, 2.45) is 5.92 Å². The summed E-state index contributed by atoms with van der Waals surface area (Å²) in [4.78, 5) is 23.3. The average molecular weight is 510 g/mol. The van der Waals surface area contributed by atoms with E-state index in [1.165, 1.54) is 26.0 Å². The number of ketones is 1. The molecule has 0 atom stereocenters. The molecule has 1 aromatic rings. The first-order valence-electron chi connectivity index (χ1n) is 12.2. The van der Waals surface area contributed by atoms with Crippen molar-refractivity contribution in [2.75, 3.05) is 25.0 Å². The van der Waals surface area contributed by atoms with Crippen molar-refractivity contribution >= 4 is 17.6 Å². The lowest BCUT2D eigenvalue weighted by Crippen LogP contribution is -2.41. The number of nitrogens with one attached hydrogen (secondary N) is 1. The number of benzene rings is 1. The van der Waals surface area contributed by atoms with Crippen molar-refractivity contribution in [1.29, 1.82) is 5.26 Å². The molecule has 1 aromatic carbocycles. The van der Waals surface area contributed by atoms with E-state index in [1.807, 2.05) is 20.8 Å². The Morgan fingerprint density at radius 2 is 1.67 bits per heavy atom. The molecule has 2 rings (SSSR count). The van der Waals surface area contributed by atoms with Crippen LogP contribution in [0.1, 0.15) is 80.2 Å². The number of piperidine rings is 1. The maximum atomic E-state index is 14.2. The molecule has 1 amide bonds. The predicted octanol–water partition coefficient (Wildman–Crippen LogP) is 6.52. The van der Waals surface area contributed by atoms with Gasteiger partial charge in [0.05, 0.1) is 18.2 Å². The zero-order chi connectivity index (χ0) is 27.7. The molecule has 1 aliphatic rings. The van der Waals surface area contributed by atoms with Gasteiger partial charge in [-0.3, -0.25) is 0 Å². The third-order valence-electron chi connectivity index (χ3n) is 5.24. The number of hydrogen-bond acceptors (Lipinski definition) is 6. The molecule has 7 nitrogen and oxygen atoms in total. The summed E-state index contributed by atoms with van der Waals surface area (Å²) >= 11 is 0. The normalized spacial score (nSPS) is 14.8. The van der Waals surface area contributed by atoms with E-state index < -0.39 is 17.1 Å². The maximum Gasteiger partial charge on any atom is 0.410 e. The fraction of sp³-hybridized carbons (Fsp3) is 0.667. The van der Waals surface area contributed by atoms with E-state index in [1.54, 1.807) is 24.8 Å².